The molecule has 3 N–H and O–H groups in total. The predicted molar refractivity (Wildman–Crippen MR) is 85.0 cm³/mol. The number of likely N-dealkylation sites (N-methyl/N-ethyl adjacent to an activating group) is 2. The summed E-state index contributed by atoms with van der Waals surface area (Å²) in [5, 5.41) is 10.8. The van der Waals surface area contributed by atoms with Crippen molar-refractivity contribution in [3.63, 3.8) is 0 Å². The molecule has 7 nitrogen and oxygen atoms in total. The standard InChI is InChI=1S/C15H25N4O3.ClH/c1-17-6-8-19(2,9-7-17)11-15(20)18(21)12-4-5-13(16)14(10-12)22-3;/h4-5,10,21H,6-9,11,16H2,1-3H3;1H/q+1;/p-1. The number of anilines is 2. The third-order valence-electron chi connectivity index (χ3n) is 4.26. The Labute approximate surface area is 143 Å². The lowest BCUT2D eigenvalue weighted by molar-refractivity contribution is -0.906. The van der Waals surface area contributed by atoms with Gasteiger partial charge in [-0.25, -0.2) is 0 Å². The van der Waals surface area contributed by atoms with Crippen molar-refractivity contribution >= 4 is 17.3 Å². The van der Waals surface area contributed by atoms with Gasteiger partial charge in [-0.15, -0.1) is 0 Å². The Morgan fingerprint density at radius 3 is 2.61 bits per heavy atom. The molecule has 0 spiro atoms. The second-order valence-electron chi connectivity index (χ2n) is 6.16. The third-order valence-corrected chi connectivity index (χ3v) is 4.26. The molecule has 130 valence electrons. The monoisotopic (exact) mass is 344 g/mol. The minimum Gasteiger partial charge on any atom is -1.00 e. The van der Waals surface area contributed by atoms with E-state index in [1.807, 2.05) is 7.05 Å². The molecule has 1 aliphatic heterocycles. The van der Waals surface area contributed by atoms with E-state index in [9.17, 15) is 10.0 Å². The van der Waals surface area contributed by atoms with Gasteiger partial charge in [-0.05, 0) is 19.2 Å². The number of hydroxylamine groups is 1. The van der Waals surface area contributed by atoms with E-state index in [4.69, 9.17) is 10.5 Å². The van der Waals surface area contributed by atoms with E-state index in [0.717, 1.165) is 26.2 Å². The van der Waals surface area contributed by atoms with Crippen LogP contribution >= 0.6 is 0 Å². The van der Waals surface area contributed by atoms with Crippen LogP contribution in [-0.4, -0.2) is 74.4 Å². The highest BCUT2D eigenvalue weighted by atomic mass is 35.5. The summed E-state index contributed by atoms with van der Waals surface area (Å²) < 4.78 is 5.74. The van der Waals surface area contributed by atoms with E-state index < -0.39 is 0 Å². The number of piperazine rings is 1. The van der Waals surface area contributed by atoms with E-state index in [1.54, 1.807) is 18.2 Å². The minimum atomic E-state index is -0.334. The molecule has 1 aliphatic rings. The molecule has 2 rings (SSSR count). The highest BCUT2D eigenvalue weighted by Crippen LogP contribution is 2.27. The summed E-state index contributed by atoms with van der Waals surface area (Å²) in [5.74, 6) is 0.100. The van der Waals surface area contributed by atoms with Crippen LogP contribution in [0.2, 0.25) is 0 Å². The van der Waals surface area contributed by atoms with Gasteiger partial charge in [0.15, 0.2) is 6.54 Å². The van der Waals surface area contributed by atoms with Crippen LogP contribution < -0.4 is 27.9 Å². The highest BCUT2D eigenvalue weighted by molar-refractivity contribution is 5.92. The van der Waals surface area contributed by atoms with Crippen LogP contribution in [0.4, 0.5) is 11.4 Å². The Kier molecular flexibility index (Phi) is 6.64. The highest BCUT2D eigenvalue weighted by Gasteiger charge is 2.32. The number of ether oxygens (including phenoxy) is 1. The molecule has 1 saturated heterocycles. The van der Waals surface area contributed by atoms with Crippen LogP contribution in [0.15, 0.2) is 18.2 Å². The third kappa shape index (κ3) is 4.71. The summed E-state index contributed by atoms with van der Waals surface area (Å²) in [4.78, 5) is 14.6. The number of hydrogen-bond acceptors (Lipinski definition) is 5. The maximum atomic E-state index is 12.4. The van der Waals surface area contributed by atoms with Gasteiger partial charge in [0, 0.05) is 19.2 Å². The van der Waals surface area contributed by atoms with Gasteiger partial charge in [0.25, 0.3) is 0 Å². The Morgan fingerprint density at radius 2 is 2.04 bits per heavy atom. The van der Waals surface area contributed by atoms with Crippen molar-refractivity contribution in [3.05, 3.63) is 18.2 Å². The van der Waals surface area contributed by atoms with Crippen LogP contribution in [-0.2, 0) is 4.79 Å². The molecule has 8 heteroatoms. The molecular weight excluding hydrogens is 320 g/mol. The Hall–Kier alpha value is -1.54. The fraction of sp³-hybridized carbons (Fsp3) is 0.533. The number of halogens is 1. The van der Waals surface area contributed by atoms with Gasteiger partial charge in [0.2, 0.25) is 0 Å². The van der Waals surface area contributed by atoms with Crippen LogP contribution in [0.3, 0.4) is 0 Å². The SMILES string of the molecule is COc1cc(N(O)C(=O)C[N+]2(C)CCN(C)CC2)ccc1N.[Cl-]. The summed E-state index contributed by atoms with van der Waals surface area (Å²) in [5.41, 5.74) is 6.56. The molecule has 1 heterocycles. The van der Waals surface area contributed by atoms with E-state index in [1.165, 1.54) is 7.11 Å². The van der Waals surface area contributed by atoms with Crippen molar-refractivity contribution in [3.8, 4) is 5.75 Å². The normalized spacial score (nSPS) is 17.2. The molecule has 0 unspecified atom stereocenters. The van der Waals surface area contributed by atoms with Crippen molar-refractivity contribution in [2.24, 2.45) is 0 Å². The average Bonchev–Trinajstić information content (AvgIpc) is 2.50. The first-order valence-electron chi connectivity index (χ1n) is 7.32. The van der Waals surface area contributed by atoms with Crippen LogP contribution in [0.25, 0.3) is 0 Å². The molecule has 0 saturated carbocycles. The number of benzene rings is 1. The molecule has 0 aliphatic carbocycles. The zero-order chi connectivity index (χ0) is 16.3. The molecule has 0 bridgehead atoms. The van der Waals surface area contributed by atoms with Crippen molar-refractivity contribution in [1.29, 1.82) is 0 Å². The molecule has 1 aromatic rings. The fourth-order valence-electron chi connectivity index (χ4n) is 2.58. The summed E-state index contributed by atoms with van der Waals surface area (Å²) in [6, 6.07) is 4.76. The molecule has 0 atom stereocenters. The quantitative estimate of drug-likeness (QED) is 0.271. The van der Waals surface area contributed by atoms with Gasteiger partial charge in [-0.1, -0.05) is 0 Å². The Balaban J connectivity index is 0.00000264. The second-order valence-corrected chi connectivity index (χ2v) is 6.16. The molecule has 0 radical (unpaired) electrons. The summed E-state index contributed by atoms with van der Waals surface area (Å²) in [6.07, 6.45) is 0. The van der Waals surface area contributed by atoms with Gasteiger partial charge in [0.1, 0.15) is 5.75 Å². The summed E-state index contributed by atoms with van der Waals surface area (Å²) in [6.45, 7) is 3.94. The van der Waals surface area contributed by atoms with E-state index in [0.29, 0.717) is 26.7 Å². The minimum absolute atomic E-state index is 0. The van der Waals surface area contributed by atoms with E-state index in [2.05, 4.69) is 11.9 Å². The van der Waals surface area contributed by atoms with Crippen LogP contribution in [0, 0.1) is 0 Å². The number of nitrogens with zero attached hydrogens (tertiary/aromatic N) is 3. The number of methoxy groups -OCH3 is 1. The first-order chi connectivity index (χ1) is 10.3. The number of carbonyl (C=O) groups is 1. The number of hydrogen-bond donors (Lipinski definition) is 2. The van der Waals surface area contributed by atoms with Gasteiger partial charge < -0.3 is 27.4 Å². The van der Waals surface area contributed by atoms with Gasteiger partial charge >= 0.3 is 5.91 Å². The molecule has 1 amide bonds. The lowest BCUT2D eigenvalue weighted by Gasteiger charge is -2.40. The lowest BCUT2D eigenvalue weighted by atomic mass is 10.2. The van der Waals surface area contributed by atoms with Gasteiger partial charge in [-0.2, -0.15) is 5.06 Å². The number of nitrogens with two attached hydrogens (primary N) is 1. The molecule has 23 heavy (non-hydrogen) atoms. The first-order valence-corrected chi connectivity index (χ1v) is 7.32. The number of carbonyl (C=O) groups excluding carboxylic acids is 1. The van der Waals surface area contributed by atoms with Crippen LogP contribution in [0.1, 0.15) is 0 Å². The lowest BCUT2D eigenvalue weighted by Crippen LogP contribution is -3.00. The molecule has 0 aromatic heterocycles. The topological polar surface area (TPSA) is 79.0 Å². The van der Waals surface area contributed by atoms with Crippen molar-refractivity contribution in [1.82, 2.24) is 4.90 Å². The summed E-state index contributed by atoms with van der Waals surface area (Å²) in [7, 11) is 5.61. The Morgan fingerprint density at radius 1 is 1.43 bits per heavy atom. The number of quaternary nitrogens is 1. The van der Waals surface area contributed by atoms with E-state index in [-0.39, 0.29) is 24.9 Å². The Bertz CT molecular complexity index is 548. The molecule has 1 aromatic carbocycles. The number of rotatable bonds is 4. The average molecular weight is 345 g/mol. The molecular formula is C15H25ClN4O3. The number of amides is 1. The van der Waals surface area contributed by atoms with Crippen molar-refractivity contribution < 1.29 is 31.6 Å². The number of nitrogen functional groups attached to an aromatic ring is 1. The van der Waals surface area contributed by atoms with Crippen molar-refractivity contribution in [2.45, 2.75) is 0 Å². The maximum absolute atomic E-state index is 12.4. The zero-order valence-electron chi connectivity index (χ0n) is 13.8. The zero-order valence-corrected chi connectivity index (χ0v) is 14.6. The maximum Gasteiger partial charge on any atom is 0.305 e. The largest absolute Gasteiger partial charge is 1.00 e. The van der Waals surface area contributed by atoms with Crippen LogP contribution in [0.5, 0.6) is 5.75 Å². The van der Waals surface area contributed by atoms with Crippen molar-refractivity contribution in [2.75, 3.05) is 64.7 Å². The van der Waals surface area contributed by atoms with E-state index >= 15 is 0 Å². The molecule has 1 fully saturated rings. The summed E-state index contributed by atoms with van der Waals surface area (Å²) >= 11 is 0. The fourth-order valence-corrected chi connectivity index (χ4v) is 2.58. The van der Waals surface area contributed by atoms with Gasteiger partial charge in [-0.3, -0.25) is 14.9 Å². The second kappa shape index (κ2) is 7.83. The predicted octanol–water partition coefficient (Wildman–Crippen LogP) is -2.60. The van der Waals surface area contributed by atoms with Gasteiger partial charge in [0.05, 0.1) is 38.6 Å². The smallest absolute Gasteiger partial charge is 0.305 e. The first kappa shape index (κ1) is 19.5.